The minimum Gasteiger partial charge on any atom is -0.370 e. The molecule has 0 atom stereocenters. The van der Waals surface area contributed by atoms with Gasteiger partial charge < -0.3 is 5.32 Å². The van der Waals surface area contributed by atoms with Crippen LogP contribution in [0.2, 0.25) is 0 Å². The zero-order valence-corrected chi connectivity index (χ0v) is 11.3. The van der Waals surface area contributed by atoms with Crippen molar-refractivity contribution in [3.8, 4) is 0 Å². The third kappa shape index (κ3) is 2.90. The summed E-state index contributed by atoms with van der Waals surface area (Å²) in [4.78, 5) is 21.8. The Morgan fingerprint density at radius 2 is 2.20 bits per heavy atom. The Hall–Kier alpha value is -2.50. The first-order valence-corrected chi connectivity index (χ1v) is 6.22. The van der Waals surface area contributed by atoms with Crippen molar-refractivity contribution in [1.29, 1.82) is 0 Å². The van der Waals surface area contributed by atoms with Crippen LogP contribution in [0.1, 0.15) is 17.3 Å². The molecule has 1 amide bonds. The zero-order valence-electron chi connectivity index (χ0n) is 11.3. The van der Waals surface area contributed by atoms with Crippen LogP contribution < -0.4 is 10.2 Å². The van der Waals surface area contributed by atoms with Gasteiger partial charge in [0.25, 0.3) is 5.91 Å². The van der Waals surface area contributed by atoms with Gasteiger partial charge in [-0.25, -0.2) is 14.4 Å². The molecule has 104 valence electrons. The van der Waals surface area contributed by atoms with Gasteiger partial charge in [0.1, 0.15) is 17.5 Å². The van der Waals surface area contributed by atoms with Crippen molar-refractivity contribution in [3.63, 3.8) is 0 Å². The first-order chi connectivity index (χ1) is 9.63. The molecule has 2 aromatic rings. The van der Waals surface area contributed by atoms with Crippen molar-refractivity contribution in [2.45, 2.75) is 6.92 Å². The molecule has 1 N–H and O–H groups in total. The number of rotatable bonds is 4. The Morgan fingerprint density at radius 3 is 2.85 bits per heavy atom. The van der Waals surface area contributed by atoms with Crippen LogP contribution in [0.4, 0.5) is 16.0 Å². The van der Waals surface area contributed by atoms with Gasteiger partial charge in [0, 0.05) is 19.8 Å². The first-order valence-electron chi connectivity index (χ1n) is 6.22. The number of nitrogens with zero attached hydrogens (tertiary/aromatic N) is 3. The number of halogens is 1. The smallest absolute Gasteiger partial charge is 0.263 e. The molecule has 6 heteroatoms. The van der Waals surface area contributed by atoms with Crippen LogP contribution in [0.25, 0.3) is 0 Å². The number of carbonyl (C=O) groups excluding carboxylic acids is 1. The fraction of sp³-hybridized carbons (Fsp3) is 0.214. The zero-order chi connectivity index (χ0) is 14.5. The molecule has 0 aliphatic rings. The van der Waals surface area contributed by atoms with Crippen LogP contribution in [-0.2, 0) is 0 Å². The molecule has 0 saturated carbocycles. The summed E-state index contributed by atoms with van der Waals surface area (Å²) < 4.78 is 13.3. The second kappa shape index (κ2) is 6.10. The summed E-state index contributed by atoms with van der Waals surface area (Å²) >= 11 is 0. The Balaban J connectivity index is 2.35. The Labute approximate surface area is 116 Å². The average Bonchev–Trinajstić information content (AvgIpc) is 2.48. The highest BCUT2D eigenvalue weighted by atomic mass is 19.1. The number of pyridine rings is 2. The Kier molecular flexibility index (Phi) is 4.24. The van der Waals surface area contributed by atoms with Gasteiger partial charge in [-0.05, 0) is 25.1 Å². The lowest BCUT2D eigenvalue weighted by Crippen LogP contribution is -2.28. The second-order valence-corrected chi connectivity index (χ2v) is 4.13. The molecular weight excluding hydrogens is 259 g/mol. The molecule has 0 fully saturated rings. The molecule has 2 heterocycles. The lowest BCUT2D eigenvalue weighted by molar-refractivity contribution is 0.0992. The lowest BCUT2D eigenvalue weighted by Gasteiger charge is -2.17. The molecule has 2 aromatic heterocycles. The summed E-state index contributed by atoms with van der Waals surface area (Å²) in [6, 6.07) is 6.42. The normalized spacial score (nSPS) is 10.2. The van der Waals surface area contributed by atoms with E-state index in [9.17, 15) is 9.18 Å². The van der Waals surface area contributed by atoms with E-state index in [-0.39, 0.29) is 11.5 Å². The monoisotopic (exact) mass is 274 g/mol. The fourth-order valence-electron chi connectivity index (χ4n) is 1.75. The average molecular weight is 274 g/mol. The van der Waals surface area contributed by atoms with Crippen LogP contribution in [0, 0.1) is 5.82 Å². The number of carbonyl (C=O) groups is 1. The molecular formula is C14H15FN4O. The SMILES string of the molecule is CCNc1ncc(F)cc1C(=O)N(C)c1ccccn1. The van der Waals surface area contributed by atoms with E-state index in [2.05, 4.69) is 15.3 Å². The molecule has 0 aliphatic carbocycles. The van der Waals surface area contributed by atoms with Gasteiger partial charge in [0.15, 0.2) is 0 Å². The number of hydrogen-bond donors (Lipinski definition) is 1. The summed E-state index contributed by atoms with van der Waals surface area (Å²) in [6.07, 6.45) is 2.67. The van der Waals surface area contributed by atoms with Gasteiger partial charge in [-0.2, -0.15) is 0 Å². The third-order valence-corrected chi connectivity index (χ3v) is 2.73. The number of nitrogens with one attached hydrogen (secondary N) is 1. The van der Waals surface area contributed by atoms with Crippen LogP contribution in [0.15, 0.2) is 36.7 Å². The second-order valence-electron chi connectivity index (χ2n) is 4.13. The topological polar surface area (TPSA) is 58.1 Å². The summed E-state index contributed by atoms with van der Waals surface area (Å²) in [5.41, 5.74) is 0.181. The number of aromatic nitrogens is 2. The molecule has 0 aliphatic heterocycles. The molecule has 2 rings (SSSR count). The molecule has 0 radical (unpaired) electrons. The number of hydrogen-bond acceptors (Lipinski definition) is 4. The predicted octanol–water partition coefficient (Wildman–Crippen LogP) is 2.32. The van der Waals surface area contributed by atoms with Crippen LogP contribution in [0.3, 0.4) is 0 Å². The van der Waals surface area contributed by atoms with Gasteiger partial charge in [0.2, 0.25) is 0 Å². The van der Waals surface area contributed by atoms with Gasteiger partial charge in [0.05, 0.1) is 11.8 Å². The number of amides is 1. The van der Waals surface area contributed by atoms with Crippen LogP contribution in [0.5, 0.6) is 0 Å². The van der Waals surface area contributed by atoms with Gasteiger partial charge in [-0.15, -0.1) is 0 Å². The maximum atomic E-state index is 13.3. The van der Waals surface area contributed by atoms with Crippen LogP contribution in [-0.4, -0.2) is 29.5 Å². The lowest BCUT2D eigenvalue weighted by atomic mass is 10.2. The van der Waals surface area contributed by atoms with Crippen molar-refractivity contribution in [3.05, 3.63) is 48.0 Å². The maximum Gasteiger partial charge on any atom is 0.263 e. The highest BCUT2D eigenvalue weighted by Gasteiger charge is 2.19. The van der Waals surface area contributed by atoms with Crippen molar-refractivity contribution in [2.75, 3.05) is 23.8 Å². The Morgan fingerprint density at radius 1 is 1.40 bits per heavy atom. The van der Waals surface area contributed by atoms with Gasteiger partial charge in [-0.1, -0.05) is 6.07 Å². The van der Waals surface area contributed by atoms with Crippen molar-refractivity contribution in [1.82, 2.24) is 9.97 Å². The van der Waals surface area contributed by atoms with E-state index < -0.39 is 5.82 Å². The van der Waals surface area contributed by atoms with E-state index in [1.165, 1.54) is 11.0 Å². The molecule has 0 spiro atoms. The fourth-order valence-corrected chi connectivity index (χ4v) is 1.75. The van der Waals surface area contributed by atoms with E-state index in [1.807, 2.05) is 6.92 Å². The third-order valence-electron chi connectivity index (χ3n) is 2.73. The predicted molar refractivity (Wildman–Crippen MR) is 75.3 cm³/mol. The molecule has 0 saturated heterocycles. The van der Waals surface area contributed by atoms with Crippen molar-refractivity contribution < 1.29 is 9.18 Å². The molecule has 20 heavy (non-hydrogen) atoms. The largest absolute Gasteiger partial charge is 0.370 e. The summed E-state index contributed by atoms with van der Waals surface area (Å²) in [7, 11) is 1.59. The highest BCUT2D eigenvalue weighted by molar-refractivity contribution is 6.08. The van der Waals surface area contributed by atoms with Gasteiger partial charge >= 0.3 is 0 Å². The minimum atomic E-state index is -0.551. The molecule has 0 bridgehead atoms. The minimum absolute atomic E-state index is 0.181. The van der Waals surface area contributed by atoms with E-state index in [1.54, 1.807) is 31.4 Å². The first kappa shape index (κ1) is 13.9. The van der Waals surface area contributed by atoms with E-state index in [4.69, 9.17) is 0 Å². The molecule has 5 nitrogen and oxygen atoms in total. The summed E-state index contributed by atoms with van der Waals surface area (Å²) in [6.45, 7) is 2.47. The van der Waals surface area contributed by atoms with E-state index in [0.29, 0.717) is 18.2 Å². The Bertz CT molecular complexity index is 603. The highest BCUT2D eigenvalue weighted by Crippen LogP contribution is 2.18. The standard InChI is InChI=1S/C14H15FN4O/c1-3-16-13-11(8-10(15)9-18-13)14(20)19(2)12-6-4-5-7-17-12/h4-9H,3H2,1-2H3,(H,16,18). The summed E-state index contributed by atoms with van der Waals surface area (Å²) in [5, 5.41) is 2.94. The van der Waals surface area contributed by atoms with E-state index >= 15 is 0 Å². The van der Waals surface area contributed by atoms with Crippen LogP contribution >= 0.6 is 0 Å². The molecule has 0 aromatic carbocycles. The van der Waals surface area contributed by atoms with Crippen molar-refractivity contribution >= 4 is 17.5 Å². The maximum absolute atomic E-state index is 13.3. The number of anilines is 2. The quantitative estimate of drug-likeness (QED) is 0.929. The summed E-state index contributed by atoms with van der Waals surface area (Å²) in [5.74, 6) is -0.0676. The molecule has 0 unspecified atom stereocenters. The van der Waals surface area contributed by atoms with Crippen molar-refractivity contribution in [2.24, 2.45) is 0 Å². The van der Waals surface area contributed by atoms with Gasteiger partial charge in [-0.3, -0.25) is 9.69 Å². The van der Waals surface area contributed by atoms with E-state index in [0.717, 1.165) is 6.20 Å².